The lowest BCUT2D eigenvalue weighted by Gasteiger charge is -2.28. The average Bonchev–Trinajstić information content (AvgIpc) is 3.36. The van der Waals surface area contributed by atoms with Crippen LogP contribution in [0.4, 0.5) is 11.6 Å². The molecular formula is C28H24N6O3. The Kier molecular flexibility index (Phi) is 6.31. The zero-order valence-corrected chi connectivity index (χ0v) is 20.5. The SMILES string of the molecule is COc1ccc(-c2nc3n(n2)C(c2ccc(C#N)cc2)C(C(=O)Nc2ccccc2)=C(C)N3)cc1OC. The molecule has 4 aromatic rings. The zero-order chi connectivity index (χ0) is 25.9. The summed E-state index contributed by atoms with van der Waals surface area (Å²) in [7, 11) is 3.15. The Morgan fingerprint density at radius 3 is 2.43 bits per heavy atom. The first-order valence-electron chi connectivity index (χ1n) is 11.6. The molecular weight excluding hydrogens is 468 g/mol. The van der Waals surface area contributed by atoms with E-state index in [1.807, 2.05) is 55.5 Å². The van der Waals surface area contributed by atoms with Crippen molar-refractivity contribution in [1.82, 2.24) is 14.8 Å². The molecule has 0 saturated carbocycles. The lowest BCUT2D eigenvalue weighted by molar-refractivity contribution is -0.113. The second kappa shape index (κ2) is 9.87. The molecule has 0 spiro atoms. The fourth-order valence-corrected chi connectivity index (χ4v) is 4.31. The van der Waals surface area contributed by atoms with Crippen LogP contribution in [0.5, 0.6) is 11.5 Å². The van der Waals surface area contributed by atoms with Crippen molar-refractivity contribution in [3.8, 4) is 29.0 Å². The number of amides is 1. The second-order valence-electron chi connectivity index (χ2n) is 8.39. The summed E-state index contributed by atoms with van der Waals surface area (Å²) in [4.78, 5) is 18.3. The van der Waals surface area contributed by atoms with Gasteiger partial charge in [0.1, 0.15) is 6.04 Å². The minimum absolute atomic E-state index is 0.264. The number of hydrogen-bond acceptors (Lipinski definition) is 7. The van der Waals surface area contributed by atoms with E-state index >= 15 is 0 Å². The number of ether oxygens (including phenoxy) is 2. The minimum Gasteiger partial charge on any atom is -0.493 e. The number of anilines is 2. The monoisotopic (exact) mass is 492 g/mol. The van der Waals surface area contributed by atoms with E-state index in [1.165, 1.54) is 0 Å². The van der Waals surface area contributed by atoms with Crippen molar-refractivity contribution in [2.45, 2.75) is 13.0 Å². The van der Waals surface area contributed by atoms with Crippen LogP contribution in [-0.2, 0) is 4.79 Å². The third-order valence-electron chi connectivity index (χ3n) is 6.13. The lowest BCUT2D eigenvalue weighted by Crippen LogP contribution is -2.31. The molecule has 5 rings (SSSR count). The number of para-hydroxylation sites is 1. The van der Waals surface area contributed by atoms with Crippen LogP contribution in [0.25, 0.3) is 11.4 Å². The van der Waals surface area contributed by atoms with E-state index in [4.69, 9.17) is 19.6 Å². The number of aromatic nitrogens is 3. The van der Waals surface area contributed by atoms with Gasteiger partial charge in [0, 0.05) is 16.9 Å². The molecule has 37 heavy (non-hydrogen) atoms. The smallest absolute Gasteiger partial charge is 0.255 e. The maximum atomic E-state index is 13.6. The summed E-state index contributed by atoms with van der Waals surface area (Å²) in [5.74, 6) is 1.84. The van der Waals surface area contributed by atoms with Crippen LogP contribution in [0.3, 0.4) is 0 Å². The number of carbonyl (C=O) groups excluding carboxylic acids is 1. The number of hydrogen-bond donors (Lipinski definition) is 2. The van der Waals surface area contributed by atoms with Gasteiger partial charge in [-0.3, -0.25) is 4.79 Å². The van der Waals surface area contributed by atoms with Crippen molar-refractivity contribution in [3.05, 3.63) is 95.2 Å². The summed E-state index contributed by atoms with van der Waals surface area (Å²) in [5.41, 5.74) is 3.88. The number of nitriles is 1. The van der Waals surface area contributed by atoms with Crippen LogP contribution in [0.1, 0.15) is 24.1 Å². The summed E-state index contributed by atoms with van der Waals surface area (Å²) in [6, 6.07) is 23.4. The lowest BCUT2D eigenvalue weighted by atomic mass is 9.94. The predicted molar refractivity (Wildman–Crippen MR) is 139 cm³/mol. The fourth-order valence-electron chi connectivity index (χ4n) is 4.31. The standard InChI is InChI=1S/C28H24N6O3/c1-17-24(27(35)31-21-7-5-4-6-8-21)25(19-11-9-18(16-29)10-12-19)34-28(30-17)32-26(33-34)20-13-14-22(36-2)23(15-20)37-3/h4-15,25H,1-3H3,(H,31,35)(H,30,32,33). The van der Waals surface area contributed by atoms with Gasteiger partial charge in [0.2, 0.25) is 5.95 Å². The first-order valence-corrected chi connectivity index (χ1v) is 11.6. The Morgan fingerprint density at radius 1 is 1.03 bits per heavy atom. The Morgan fingerprint density at radius 2 is 1.76 bits per heavy atom. The van der Waals surface area contributed by atoms with E-state index in [0.717, 1.165) is 11.1 Å². The largest absolute Gasteiger partial charge is 0.493 e. The third-order valence-corrected chi connectivity index (χ3v) is 6.13. The van der Waals surface area contributed by atoms with Gasteiger partial charge in [0.05, 0.1) is 31.4 Å². The maximum absolute atomic E-state index is 13.6. The molecule has 2 heterocycles. The fraction of sp³-hybridized carbons (Fsp3) is 0.143. The van der Waals surface area contributed by atoms with Gasteiger partial charge < -0.3 is 20.1 Å². The molecule has 1 unspecified atom stereocenters. The van der Waals surface area contributed by atoms with Crippen LogP contribution < -0.4 is 20.1 Å². The highest BCUT2D eigenvalue weighted by Gasteiger charge is 2.34. The molecule has 9 nitrogen and oxygen atoms in total. The maximum Gasteiger partial charge on any atom is 0.255 e. The number of methoxy groups -OCH3 is 2. The van der Waals surface area contributed by atoms with Gasteiger partial charge in [-0.05, 0) is 55.0 Å². The van der Waals surface area contributed by atoms with Crippen molar-refractivity contribution >= 4 is 17.5 Å². The molecule has 1 aliphatic rings. The molecule has 9 heteroatoms. The van der Waals surface area contributed by atoms with E-state index in [-0.39, 0.29) is 5.91 Å². The Hall–Kier alpha value is -5.10. The Bertz CT molecular complexity index is 1530. The molecule has 184 valence electrons. The summed E-state index contributed by atoms with van der Waals surface area (Å²) in [5, 5.41) is 20.3. The van der Waals surface area contributed by atoms with Crippen LogP contribution in [0.2, 0.25) is 0 Å². The highest BCUT2D eigenvalue weighted by Crippen LogP contribution is 2.38. The van der Waals surface area contributed by atoms with E-state index < -0.39 is 6.04 Å². The third kappa shape index (κ3) is 4.48. The van der Waals surface area contributed by atoms with Gasteiger partial charge >= 0.3 is 0 Å². The van der Waals surface area contributed by atoms with Gasteiger partial charge in [0.25, 0.3) is 5.91 Å². The number of fused-ring (bicyclic) bond motifs is 1. The van der Waals surface area contributed by atoms with E-state index in [9.17, 15) is 10.1 Å². The van der Waals surface area contributed by atoms with Crippen molar-refractivity contribution in [2.24, 2.45) is 0 Å². The Labute approximate surface area is 214 Å². The zero-order valence-electron chi connectivity index (χ0n) is 20.5. The summed E-state index contributed by atoms with van der Waals surface area (Å²) in [6.07, 6.45) is 0. The van der Waals surface area contributed by atoms with Crippen LogP contribution >= 0.6 is 0 Å². The normalized spacial score (nSPS) is 14.3. The molecule has 0 aliphatic carbocycles. The average molecular weight is 493 g/mol. The quantitative estimate of drug-likeness (QED) is 0.399. The topological polar surface area (TPSA) is 114 Å². The van der Waals surface area contributed by atoms with Crippen molar-refractivity contribution in [3.63, 3.8) is 0 Å². The number of nitrogens with zero attached hydrogens (tertiary/aromatic N) is 4. The molecule has 0 radical (unpaired) electrons. The van der Waals surface area contributed by atoms with Gasteiger partial charge in [-0.2, -0.15) is 10.2 Å². The van der Waals surface area contributed by atoms with Gasteiger partial charge in [-0.25, -0.2) is 4.68 Å². The molecule has 2 N–H and O–H groups in total. The van der Waals surface area contributed by atoms with Crippen LogP contribution in [0.15, 0.2) is 84.1 Å². The highest BCUT2D eigenvalue weighted by atomic mass is 16.5. The molecule has 3 aromatic carbocycles. The first-order chi connectivity index (χ1) is 18.0. The first kappa shape index (κ1) is 23.6. The number of benzene rings is 3. The second-order valence-corrected chi connectivity index (χ2v) is 8.39. The number of rotatable bonds is 6. The Balaban J connectivity index is 1.60. The molecule has 1 aliphatic heterocycles. The summed E-state index contributed by atoms with van der Waals surface area (Å²) in [6.45, 7) is 1.84. The number of nitrogens with one attached hydrogen (secondary N) is 2. The predicted octanol–water partition coefficient (Wildman–Crippen LogP) is 4.76. The van der Waals surface area contributed by atoms with E-state index in [0.29, 0.717) is 45.8 Å². The van der Waals surface area contributed by atoms with Crippen LogP contribution in [-0.4, -0.2) is 34.9 Å². The summed E-state index contributed by atoms with van der Waals surface area (Å²) < 4.78 is 12.5. The molecule has 1 atom stereocenters. The van der Waals surface area contributed by atoms with Crippen molar-refractivity contribution < 1.29 is 14.3 Å². The molecule has 0 bridgehead atoms. The van der Waals surface area contributed by atoms with E-state index in [2.05, 4.69) is 16.7 Å². The van der Waals surface area contributed by atoms with Gasteiger partial charge in [0.15, 0.2) is 17.3 Å². The van der Waals surface area contributed by atoms with Crippen molar-refractivity contribution in [2.75, 3.05) is 24.9 Å². The molecule has 1 aromatic heterocycles. The van der Waals surface area contributed by atoms with Gasteiger partial charge in [-0.15, -0.1) is 5.10 Å². The number of allylic oxidation sites excluding steroid dienone is 1. The highest BCUT2D eigenvalue weighted by molar-refractivity contribution is 6.06. The summed E-state index contributed by atoms with van der Waals surface area (Å²) >= 11 is 0. The van der Waals surface area contributed by atoms with Gasteiger partial charge in [-0.1, -0.05) is 30.3 Å². The minimum atomic E-state index is -0.575. The van der Waals surface area contributed by atoms with E-state index in [1.54, 1.807) is 43.2 Å². The van der Waals surface area contributed by atoms with Crippen LogP contribution in [0, 0.1) is 11.3 Å². The number of carbonyl (C=O) groups is 1. The molecule has 1 amide bonds. The van der Waals surface area contributed by atoms with Crippen molar-refractivity contribution in [1.29, 1.82) is 5.26 Å². The molecule has 0 fully saturated rings. The molecule has 0 saturated heterocycles.